The number of ether oxygens (including phenoxy) is 1. The molecule has 1 aromatic rings. The third-order valence-corrected chi connectivity index (χ3v) is 4.48. The van der Waals surface area contributed by atoms with E-state index in [0.717, 1.165) is 25.3 Å². The van der Waals surface area contributed by atoms with Gasteiger partial charge in [0.05, 0.1) is 13.2 Å². The lowest BCUT2D eigenvalue weighted by Gasteiger charge is -2.26. The highest BCUT2D eigenvalue weighted by molar-refractivity contribution is 5.85. The van der Waals surface area contributed by atoms with Gasteiger partial charge in [0, 0.05) is 31.4 Å². The minimum atomic E-state index is -0.474. The summed E-state index contributed by atoms with van der Waals surface area (Å²) in [5.41, 5.74) is 6.95. The predicted octanol–water partition coefficient (Wildman–Crippen LogP) is 2.85. The Morgan fingerprint density at radius 1 is 1.40 bits per heavy atom. The maximum absolute atomic E-state index is 12.1. The van der Waals surface area contributed by atoms with Crippen molar-refractivity contribution < 1.29 is 9.53 Å². The van der Waals surface area contributed by atoms with E-state index in [1.807, 2.05) is 32.9 Å². The lowest BCUT2D eigenvalue weighted by Crippen LogP contribution is -2.49. The Morgan fingerprint density at radius 3 is 2.68 bits per heavy atom. The lowest BCUT2D eigenvalue weighted by atomic mass is 9.87. The van der Waals surface area contributed by atoms with E-state index in [1.165, 1.54) is 5.69 Å². The van der Waals surface area contributed by atoms with E-state index in [4.69, 9.17) is 10.5 Å². The minimum Gasteiger partial charge on any atom is -0.497 e. The van der Waals surface area contributed by atoms with Crippen LogP contribution in [0.25, 0.3) is 0 Å². The first-order valence-electron chi connectivity index (χ1n) is 8.23. The molecule has 1 saturated heterocycles. The summed E-state index contributed by atoms with van der Waals surface area (Å²) in [5, 5.41) is 3.01. The lowest BCUT2D eigenvalue weighted by molar-refractivity contribution is -0.124. The van der Waals surface area contributed by atoms with Crippen LogP contribution in [-0.4, -0.2) is 38.7 Å². The highest BCUT2D eigenvalue weighted by Crippen LogP contribution is 2.26. The van der Waals surface area contributed by atoms with Crippen LogP contribution in [0.15, 0.2) is 24.3 Å². The van der Waals surface area contributed by atoms with E-state index in [-0.39, 0.29) is 36.1 Å². The number of nitrogens with zero attached hydrogens (tertiary/aromatic N) is 1. The fourth-order valence-corrected chi connectivity index (χ4v) is 2.79. The smallest absolute Gasteiger partial charge is 0.237 e. The van der Waals surface area contributed by atoms with Crippen molar-refractivity contribution >= 4 is 36.4 Å². The fourth-order valence-electron chi connectivity index (χ4n) is 2.79. The highest BCUT2D eigenvalue weighted by Gasteiger charge is 2.29. The van der Waals surface area contributed by atoms with Gasteiger partial charge in [0.25, 0.3) is 0 Å². The van der Waals surface area contributed by atoms with Gasteiger partial charge in [-0.15, -0.1) is 24.8 Å². The van der Waals surface area contributed by atoms with Crippen LogP contribution < -0.4 is 20.7 Å². The number of halogens is 2. The van der Waals surface area contributed by atoms with Gasteiger partial charge in [-0.05, 0) is 29.9 Å². The van der Waals surface area contributed by atoms with E-state index in [2.05, 4.69) is 22.3 Å². The number of nitrogens with two attached hydrogens (primary N) is 1. The summed E-state index contributed by atoms with van der Waals surface area (Å²) < 4.78 is 5.28. The molecule has 2 rings (SSSR count). The molecule has 0 aromatic heterocycles. The van der Waals surface area contributed by atoms with Gasteiger partial charge in [0.15, 0.2) is 0 Å². The van der Waals surface area contributed by atoms with Crippen molar-refractivity contribution in [2.75, 3.05) is 31.6 Å². The maximum Gasteiger partial charge on any atom is 0.237 e. The van der Waals surface area contributed by atoms with Crippen LogP contribution in [0.5, 0.6) is 5.75 Å². The van der Waals surface area contributed by atoms with Gasteiger partial charge in [0.1, 0.15) is 5.75 Å². The molecule has 0 bridgehead atoms. The number of benzene rings is 1. The molecule has 1 aromatic carbocycles. The molecular weight excluding hydrogens is 361 g/mol. The van der Waals surface area contributed by atoms with Crippen molar-refractivity contribution in [1.82, 2.24) is 5.32 Å². The number of hydrogen-bond acceptors (Lipinski definition) is 4. The van der Waals surface area contributed by atoms with Crippen molar-refractivity contribution in [3.63, 3.8) is 0 Å². The Bertz CT molecular complexity index is 549. The highest BCUT2D eigenvalue weighted by atomic mass is 35.5. The first-order chi connectivity index (χ1) is 10.8. The van der Waals surface area contributed by atoms with Crippen molar-refractivity contribution in [2.24, 2.45) is 17.1 Å². The molecule has 3 N–H and O–H groups in total. The van der Waals surface area contributed by atoms with Crippen LogP contribution in [0.2, 0.25) is 0 Å². The molecule has 1 aliphatic rings. The minimum absolute atomic E-state index is 0. The average Bonchev–Trinajstić information content (AvgIpc) is 3.00. The molecule has 0 radical (unpaired) electrons. The first kappa shape index (κ1) is 23.8. The Morgan fingerprint density at radius 2 is 2.08 bits per heavy atom. The maximum atomic E-state index is 12.1. The second-order valence-electron chi connectivity index (χ2n) is 7.39. The van der Waals surface area contributed by atoms with Crippen molar-refractivity contribution in [3.05, 3.63) is 24.3 Å². The number of nitrogens with one attached hydrogen (secondary N) is 1. The van der Waals surface area contributed by atoms with E-state index in [0.29, 0.717) is 12.5 Å². The van der Waals surface area contributed by atoms with Crippen LogP contribution in [0, 0.1) is 11.3 Å². The number of amides is 1. The first-order valence-corrected chi connectivity index (χ1v) is 8.23. The normalized spacial score (nSPS) is 18.0. The Balaban J connectivity index is 0.00000288. The zero-order chi connectivity index (χ0) is 17.0. The monoisotopic (exact) mass is 391 g/mol. The third kappa shape index (κ3) is 6.57. The summed E-state index contributed by atoms with van der Waals surface area (Å²) in [6.07, 6.45) is 1.07. The van der Waals surface area contributed by atoms with E-state index in [9.17, 15) is 4.79 Å². The van der Waals surface area contributed by atoms with Crippen molar-refractivity contribution in [3.8, 4) is 5.75 Å². The topological polar surface area (TPSA) is 67.6 Å². The number of carbonyl (C=O) groups excluding carboxylic acids is 1. The number of anilines is 1. The molecule has 25 heavy (non-hydrogen) atoms. The molecule has 0 aliphatic carbocycles. The van der Waals surface area contributed by atoms with Crippen LogP contribution in [-0.2, 0) is 4.79 Å². The Kier molecular flexibility index (Phi) is 9.62. The van der Waals surface area contributed by atoms with Crippen LogP contribution >= 0.6 is 24.8 Å². The molecular formula is C18H31Cl2N3O2. The molecule has 1 fully saturated rings. The molecule has 1 aliphatic heterocycles. The number of methoxy groups -OCH3 is 1. The van der Waals surface area contributed by atoms with Gasteiger partial charge in [0.2, 0.25) is 5.91 Å². The Hall–Kier alpha value is -1.17. The molecule has 1 heterocycles. The molecule has 1 amide bonds. The molecule has 1 unspecified atom stereocenters. The SMILES string of the molecule is COc1cccc(N2CCC(CNC(=O)[C@@H](N)C(C)(C)C)C2)c1.Cl.Cl. The largest absolute Gasteiger partial charge is 0.497 e. The summed E-state index contributed by atoms with van der Waals surface area (Å²) in [4.78, 5) is 14.5. The summed E-state index contributed by atoms with van der Waals surface area (Å²) >= 11 is 0. The van der Waals surface area contributed by atoms with Gasteiger partial charge < -0.3 is 20.7 Å². The van der Waals surface area contributed by atoms with Crippen molar-refractivity contribution in [1.29, 1.82) is 0 Å². The average molecular weight is 392 g/mol. The fraction of sp³-hybridized carbons (Fsp3) is 0.611. The molecule has 0 saturated carbocycles. The summed E-state index contributed by atoms with van der Waals surface area (Å²) in [6, 6.07) is 7.63. The van der Waals surface area contributed by atoms with E-state index < -0.39 is 6.04 Å². The van der Waals surface area contributed by atoms with Crippen LogP contribution in [0.4, 0.5) is 5.69 Å². The van der Waals surface area contributed by atoms with Gasteiger partial charge in [-0.25, -0.2) is 0 Å². The van der Waals surface area contributed by atoms with Gasteiger partial charge in [-0.3, -0.25) is 4.79 Å². The molecule has 7 heteroatoms. The molecule has 2 atom stereocenters. The third-order valence-electron chi connectivity index (χ3n) is 4.48. The van der Waals surface area contributed by atoms with Crippen molar-refractivity contribution in [2.45, 2.75) is 33.2 Å². The molecule has 5 nitrogen and oxygen atoms in total. The standard InChI is InChI=1S/C18H29N3O2.2ClH/c1-18(2,3)16(19)17(22)20-11-13-8-9-21(12-13)14-6-5-7-15(10-14)23-4;;/h5-7,10,13,16H,8-9,11-12,19H2,1-4H3,(H,20,22);2*1H/t13?,16-;;/m1../s1. The number of hydrogen-bond donors (Lipinski definition) is 2. The van der Waals surface area contributed by atoms with Gasteiger partial charge >= 0.3 is 0 Å². The summed E-state index contributed by atoms with van der Waals surface area (Å²) in [6.45, 7) is 8.58. The van der Waals surface area contributed by atoms with Crippen LogP contribution in [0.3, 0.4) is 0 Å². The van der Waals surface area contributed by atoms with Gasteiger partial charge in [-0.1, -0.05) is 26.8 Å². The molecule has 0 spiro atoms. The second kappa shape index (κ2) is 10.1. The Labute approximate surface area is 163 Å². The number of carbonyl (C=O) groups is 1. The zero-order valence-electron chi connectivity index (χ0n) is 15.5. The quantitative estimate of drug-likeness (QED) is 0.809. The zero-order valence-corrected chi connectivity index (χ0v) is 17.1. The predicted molar refractivity (Wildman–Crippen MR) is 108 cm³/mol. The second-order valence-corrected chi connectivity index (χ2v) is 7.39. The summed E-state index contributed by atoms with van der Waals surface area (Å²) in [7, 11) is 1.68. The number of rotatable bonds is 5. The summed E-state index contributed by atoms with van der Waals surface area (Å²) in [5.74, 6) is 1.27. The van der Waals surface area contributed by atoms with E-state index >= 15 is 0 Å². The van der Waals surface area contributed by atoms with Gasteiger partial charge in [-0.2, -0.15) is 0 Å². The van der Waals surface area contributed by atoms with Crippen LogP contribution in [0.1, 0.15) is 27.2 Å². The molecule has 144 valence electrons. The van der Waals surface area contributed by atoms with E-state index in [1.54, 1.807) is 7.11 Å².